The molecule has 0 spiro atoms. The molecule has 1 atom stereocenters. The van der Waals surface area contributed by atoms with Gasteiger partial charge in [-0.2, -0.15) is 5.10 Å². The van der Waals surface area contributed by atoms with Gasteiger partial charge in [0.05, 0.1) is 11.2 Å². The first-order valence-electron chi connectivity index (χ1n) is 5.70. The number of hydrogen-bond acceptors (Lipinski definition) is 2. The summed E-state index contributed by atoms with van der Waals surface area (Å²) in [6.07, 6.45) is 4.58. The summed E-state index contributed by atoms with van der Waals surface area (Å²) in [5.74, 6) is -0.392. The molecule has 3 nitrogen and oxygen atoms in total. The van der Waals surface area contributed by atoms with Crippen molar-refractivity contribution in [2.24, 2.45) is 7.05 Å². The fraction of sp³-hybridized carbons (Fsp3) is 0.308. The number of nitrogens with one attached hydrogen (secondary N) is 1. The molecule has 0 amide bonds. The normalized spacial score (nSPS) is 12.7. The average molecular weight is 268 g/mol. The van der Waals surface area contributed by atoms with E-state index >= 15 is 0 Å². The van der Waals surface area contributed by atoms with Gasteiger partial charge < -0.3 is 5.32 Å². The van der Waals surface area contributed by atoms with E-state index in [-0.39, 0.29) is 11.1 Å². The van der Waals surface area contributed by atoms with Crippen molar-refractivity contribution in [3.8, 4) is 0 Å². The first kappa shape index (κ1) is 13.1. The smallest absolute Gasteiger partial charge is 0.141 e. The topological polar surface area (TPSA) is 29.9 Å². The lowest BCUT2D eigenvalue weighted by molar-refractivity contribution is 0.586. The predicted molar refractivity (Wildman–Crippen MR) is 70.1 cm³/mol. The SMILES string of the molecule is CNC(Cc1cnn(C)c1)c1ccc(F)c(Cl)c1. The molecule has 1 unspecified atom stereocenters. The molecule has 0 aliphatic rings. The van der Waals surface area contributed by atoms with Crippen LogP contribution in [-0.4, -0.2) is 16.8 Å². The van der Waals surface area contributed by atoms with Crippen LogP contribution in [0.5, 0.6) is 0 Å². The van der Waals surface area contributed by atoms with Crippen LogP contribution < -0.4 is 5.32 Å². The van der Waals surface area contributed by atoms with Crippen molar-refractivity contribution in [3.63, 3.8) is 0 Å². The molecule has 0 saturated carbocycles. The third-order valence-electron chi connectivity index (χ3n) is 2.89. The summed E-state index contributed by atoms with van der Waals surface area (Å²) in [6, 6.07) is 4.89. The van der Waals surface area contributed by atoms with Crippen LogP contribution in [0.2, 0.25) is 5.02 Å². The zero-order valence-electron chi connectivity index (χ0n) is 10.3. The van der Waals surface area contributed by atoms with E-state index in [1.807, 2.05) is 26.5 Å². The molecule has 0 radical (unpaired) electrons. The summed E-state index contributed by atoms with van der Waals surface area (Å²) in [5.41, 5.74) is 2.09. The quantitative estimate of drug-likeness (QED) is 0.923. The Hall–Kier alpha value is -1.39. The third kappa shape index (κ3) is 2.89. The van der Waals surface area contributed by atoms with Gasteiger partial charge in [0.1, 0.15) is 5.82 Å². The molecule has 1 aromatic carbocycles. The van der Waals surface area contributed by atoms with E-state index in [0.717, 1.165) is 17.5 Å². The summed E-state index contributed by atoms with van der Waals surface area (Å²) < 4.78 is 14.9. The number of aryl methyl sites for hydroxylation is 1. The largest absolute Gasteiger partial charge is 0.313 e. The molecule has 2 rings (SSSR count). The zero-order chi connectivity index (χ0) is 13.1. The highest BCUT2D eigenvalue weighted by molar-refractivity contribution is 6.30. The van der Waals surface area contributed by atoms with Crippen LogP contribution >= 0.6 is 11.6 Å². The first-order valence-corrected chi connectivity index (χ1v) is 6.07. The van der Waals surface area contributed by atoms with Gasteiger partial charge >= 0.3 is 0 Å². The molecule has 0 saturated heterocycles. The molecule has 96 valence electrons. The molecule has 5 heteroatoms. The highest BCUT2D eigenvalue weighted by Gasteiger charge is 2.13. The average Bonchev–Trinajstić information content (AvgIpc) is 2.75. The number of halogens is 2. The number of nitrogens with zero attached hydrogens (tertiary/aromatic N) is 2. The van der Waals surface area contributed by atoms with Crippen LogP contribution in [0.1, 0.15) is 17.2 Å². The van der Waals surface area contributed by atoms with Gasteiger partial charge in [0.25, 0.3) is 0 Å². The van der Waals surface area contributed by atoms with Gasteiger partial charge in [-0.1, -0.05) is 17.7 Å². The Balaban J connectivity index is 2.19. The number of rotatable bonds is 4. The molecule has 1 N–H and O–H groups in total. The van der Waals surface area contributed by atoms with Gasteiger partial charge in [0.15, 0.2) is 0 Å². The van der Waals surface area contributed by atoms with E-state index in [9.17, 15) is 4.39 Å². The van der Waals surface area contributed by atoms with E-state index in [4.69, 9.17) is 11.6 Å². The Bertz CT molecular complexity index is 539. The number of benzene rings is 1. The summed E-state index contributed by atoms with van der Waals surface area (Å²) >= 11 is 5.80. The van der Waals surface area contributed by atoms with Gasteiger partial charge in [0, 0.05) is 19.3 Å². The molecule has 18 heavy (non-hydrogen) atoms. The molecule has 0 fully saturated rings. The summed E-state index contributed by atoms with van der Waals surface area (Å²) in [7, 11) is 3.75. The Morgan fingerprint density at radius 1 is 1.50 bits per heavy atom. The third-order valence-corrected chi connectivity index (χ3v) is 3.18. The van der Waals surface area contributed by atoms with Gasteiger partial charge in [-0.05, 0) is 36.7 Å². The second-order valence-electron chi connectivity index (χ2n) is 4.24. The highest BCUT2D eigenvalue weighted by atomic mass is 35.5. The van der Waals surface area contributed by atoms with Crippen LogP contribution in [0.15, 0.2) is 30.6 Å². The summed E-state index contributed by atoms with van der Waals surface area (Å²) in [6.45, 7) is 0. The highest BCUT2D eigenvalue weighted by Crippen LogP contribution is 2.23. The van der Waals surface area contributed by atoms with Crippen molar-refractivity contribution in [2.45, 2.75) is 12.5 Å². The predicted octanol–water partition coefficient (Wildman–Crippen LogP) is 2.72. The van der Waals surface area contributed by atoms with E-state index in [0.29, 0.717) is 0 Å². The minimum absolute atomic E-state index is 0.0901. The van der Waals surface area contributed by atoms with Crippen molar-refractivity contribution in [1.82, 2.24) is 15.1 Å². The van der Waals surface area contributed by atoms with Crippen LogP contribution in [0.25, 0.3) is 0 Å². The fourth-order valence-corrected chi connectivity index (χ4v) is 2.12. The Morgan fingerprint density at radius 2 is 2.28 bits per heavy atom. The Morgan fingerprint density at radius 3 is 2.83 bits per heavy atom. The monoisotopic (exact) mass is 267 g/mol. The van der Waals surface area contributed by atoms with Gasteiger partial charge in [-0.25, -0.2) is 4.39 Å². The van der Waals surface area contributed by atoms with E-state index in [1.165, 1.54) is 6.07 Å². The minimum atomic E-state index is -0.392. The maximum atomic E-state index is 13.1. The van der Waals surface area contributed by atoms with Gasteiger partial charge in [-0.15, -0.1) is 0 Å². The van der Waals surface area contributed by atoms with Crippen LogP contribution in [-0.2, 0) is 13.5 Å². The molecule has 1 aromatic heterocycles. The minimum Gasteiger partial charge on any atom is -0.313 e. The number of hydrogen-bond donors (Lipinski definition) is 1. The second kappa shape index (κ2) is 5.50. The van der Waals surface area contributed by atoms with Crippen molar-refractivity contribution in [1.29, 1.82) is 0 Å². The van der Waals surface area contributed by atoms with Crippen LogP contribution in [0.3, 0.4) is 0 Å². The standard InChI is InChI=1S/C13H15ClFN3/c1-16-13(5-9-7-17-18(2)8-9)10-3-4-12(15)11(14)6-10/h3-4,6-8,13,16H,5H2,1-2H3. The van der Waals surface area contributed by atoms with Crippen molar-refractivity contribution in [2.75, 3.05) is 7.05 Å². The molecule has 0 aliphatic heterocycles. The molecule has 1 heterocycles. The lowest BCUT2D eigenvalue weighted by Crippen LogP contribution is -2.18. The Labute approximate surface area is 111 Å². The van der Waals surface area contributed by atoms with E-state index < -0.39 is 5.82 Å². The van der Waals surface area contributed by atoms with Crippen molar-refractivity contribution < 1.29 is 4.39 Å². The molecular formula is C13H15ClFN3. The molecule has 2 aromatic rings. The lowest BCUT2D eigenvalue weighted by Gasteiger charge is -2.16. The maximum Gasteiger partial charge on any atom is 0.141 e. The maximum absolute atomic E-state index is 13.1. The Kier molecular flexibility index (Phi) is 3.99. The zero-order valence-corrected chi connectivity index (χ0v) is 11.1. The first-order chi connectivity index (χ1) is 8.60. The van der Waals surface area contributed by atoms with Crippen LogP contribution in [0.4, 0.5) is 4.39 Å². The fourth-order valence-electron chi connectivity index (χ4n) is 1.93. The van der Waals surface area contributed by atoms with Gasteiger partial charge in [0.2, 0.25) is 0 Å². The summed E-state index contributed by atoms with van der Waals surface area (Å²) in [5, 5.41) is 7.49. The van der Waals surface area contributed by atoms with Crippen molar-refractivity contribution >= 4 is 11.6 Å². The lowest BCUT2D eigenvalue weighted by atomic mass is 10.0. The van der Waals surface area contributed by atoms with Crippen molar-refractivity contribution in [3.05, 3.63) is 52.6 Å². The number of likely N-dealkylation sites (N-methyl/N-ethyl adjacent to an activating group) is 1. The number of aromatic nitrogens is 2. The molecular weight excluding hydrogens is 253 g/mol. The summed E-state index contributed by atoms with van der Waals surface area (Å²) in [4.78, 5) is 0. The van der Waals surface area contributed by atoms with E-state index in [1.54, 1.807) is 16.8 Å². The molecule has 0 bridgehead atoms. The van der Waals surface area contributed by atoms with Gasteiger partial charge in [-0.3, -0.25) is 4.68 Å². The second-order valence-corrected chi connectivity index (χ2v) is 4.65. The van der Waals surface area contributed by atoms with E-state index in [2.05, 4.69) is 10.4 Å². The molecule has 0 aliphatic carbocycles. The van der Waals surface area contributed by atoms with Crippen LogP contribution in [0, 0.1) is 5.82 Å².